The normalized spacial score (nSPS) is 15.6. The number of anilines is 6. The van der Waals surface area contributed by atoms with E-state index in [2.05, 4.69) is 45.4 Å². The Morgan fingerprint density at radius 3 is 1.66 bits per heavy atom. The van der Waals surface area contributed by atoms with Gasteiger partial charge in [0.15, 0.2) is 21.3 Å². The molecule has 77 heavy (non-hydrogen) atoms. The predicted molar refractivity (Wildman–Crippen MR) is 266 cm³/mol. The van der Waals surface area contributed by atoms with Crippen molar-refractivity contribution < 1.29 is 100 Å². The average molecular weight is 1230 g/mol. The Morgan fingerprint density at radius 2 is 1.10 bits per heavy atom. The number of aromatic nitrogens is 3. The first-order valence-corrected chi connectivity index (χ1v) is 30.4. The number of Topliss-reactive ketones (excluding diaryl/α,β-unsaturated/α-hetero) is 2. The summed E-state index contributed by atoms with van der Waals surface area (Å²) in [5.74, 6) is -4.55. The molecule has 0 atom stereocenters. The fourth-order valence-electron chi connectivity index (χ4n) is 6.83. The van der Waals surface area contributed by atoms with Gasteiger partial charge in [0, 0.05) is 28.1 Å². The van der Waals surface area contributed by atoms with Crippen LogP contribution in [0.25, 0.3) is 12.2 Å². The van der Waals surface area contributed by atoms with Crippen LogP contribution in [0.2, 0.25) is 5.28 Å². The minimum atomic E-state index is -5.71. The summed E-state index contributed by atoms with van der Waals surface area (Å²) in [6, 6.07) is 11.1. The second kappa shape index (κ2) is 20.7. The number of halogens is 1. The number of carbonyl (C=O) groups is 2. The number of hydrazone groups is 2. The van der Waals surface area contributed by atoms with E-state index in [-0.39, 0.29) is 22.2 Å². The minimum absolute atomic E-state index is 0.0235. The van der Waals surface area contributed by atoms with Gasteiger partial charge in [-0.25, -0.2) is 12.6 Å². The molecule has 0 amide bonds. The van der Waals surface area contributed by atoms with Gasteiger partial charge < -0.3 is 10.6 Å². The van der Waals surface area contributed by atoms with Gasteiger partial charge in [0.25, 0.3) is 50.6 Å². The molecule has 1 heterocycles. The number of sulfone groups is 1. The lowest BCUT2D eigenvalue weighted by atomic mass is 9.94. The van der Waals surface area contributed by atoms with Gasteiger partial charge in [-0.1, -0.05) is 6.07 Å². The van der Waals surface area contributed by atoms with Crippen LogP contribution in [0, 0.1) is 0 Å². The molecule has 10 N–H and O–H groups in total. The first-order chi connectivity index (χ1) is 35.4. The van der Waals surface area contributed by atoms with Crippen molar-refractivity contribution in [2.75, 3.05) is 33.8 Å². The molecule has 7 rings (SSSR count). The fraction of sp³-hybridized carbons (Fsp3) is 0.0541. The third kappa shape index (κ3) is 13.4. The summed E-state index contributed by atoms with van der Waals surface area (Å²) in [6.07, 6.45) is 0.854. The van der Waals surface area contributed by atoms with Gasteiger partial charge in [-0.05, 0) is 96.0 Å². The maximum Gasteiger partial charge on any atom is 0.397 e. The van der Waals surface area contributed by atoms with Crippen LogP contribution in [0.15, 0.2) is 112 Å². The first-order valence-electron chi connectivity index (χ1n) is 19.8. The summed E-state index contributed by atoms with van der Waals surface area (Å²) in [7, 11) is -36.1. The molecule has 0 aliphatic heterocycles. The SMILES string of the molecule is O=C1/C(=N\Nc2ccc3c(c2S(=O)(=O)O)C=C(S(=O)(=O)O)/C(=N/Nc2cc(Nc4nc(Cl)nc(Nc5cccc(S(=O)(=O)CCOS(=O)(=O)O)c5)n4)ccc2S(=O)(=O)O)C3=O)C(S(=O)(=O)O)=Cc2cc(S(=O)(=O)O)ccc21. The van der Waals surface area contributed by atoms with Crippen molar-refractivity contribution in [1.29, 1.82) is 0 Å². The topological polar surface area (TPSA) is 515 Å². The fourth-order valence-corrected chi connectivity index (χ4v) is 11.8. The molecule has 1 aromatic heterocycles. The molecule has 5 aromatic rings. The molecule has 0 fully saturated rings. The van der Waals surface area contributed by atoms with E-state index >= 15 is 0 Å². The molecule has 0 radical (unpaired) electrons. The van der Waals surface area contributed by atoms with Crippen LogP contribution in [0.5, 0.6) is 0 Å². The number of rotatable bonds is 18. The van der Waals surface area contributed by atoms with E-state index in [0.29, 0.717) is 24.3 Å². The molecule has 0 saturated carbocycles. The third-order valence-electron chi connectivity index (χ3n) is 10.0. The van der Waals surface area contributed by atoms with Gasteiger partial charge in [-0.3, -0.25) is 47.8 Å². The summed E-state index contributed by atoms with van der Waals surface area (Å²) in [4.78, 5) is 32.9. The molecular formula is C37H28ClN9O23S7. The van der Waals surface area contributed by atoms with Crippen molar-refractivity contribution >= 4 is 152 Å². The predicted octanol–water partition coefficient (Wildman–Crippen LogP) is 2.13. The molecule has 40 heteroatoms. The zero-order chi connectivity index (χ0) is 57.0. The highest BCUT2D eigenvalue weighted by Gasteiger charge is 2.38. The summed E-state index contributed by atoms with van der Waals surface area (Å²) in [5.41, 5.74) is -3.07. The van der Waals surface area contributed by atoms with E-state index in [1.165, 1.54) is 12.1 Å². The number of ketones is 2. The van der Waals surface area contributed by atoms with Crippen LogP contribution in [-0.2, 0) is 75.0 Å². The molecule has 2 aliphatic carbocycles. The van der Waals surface area contributed by atoms with Gasteiger partial charge >= 0.3 is 10.4 Å². The van der Waals surface area contributed by atoms with Gasteiger partial charge in [0.1, 0.15) is 19.6 Å². The molecule has 0 bridgehead atoms. The number of hydrogen-bond acceptors (Lipinski definition) is 26. The van der Waals surface area contributed by atoms with E-state index in [9.17, 15) is 91.3 Å². The lowest BCUT2D eigenvalue weighted by molar-refractivity contribution is 0.105. The van der Waals surface area contributed by atoms with Gasteiger partial charge in [0.2, 0.25) is 28.7 Å². The Kier molecular flexibility index (Phi) is 15.5. The van der Waals surface area contributed by atoms with Crippen molar-refractivity contribution in [2.45, 2.75) is 19.6 Å². The Bertz CT molecular complexity index is 4380. The monoisotopic (exact) mass is 1220 g/mol. The van der Waals surface area contributed by atoms with E-state index in [4.69, 9.17) is 16.2 Å². The van der Waals surface area contributed by atoms with Crippen LogP contribution in [0.3, 0.4) is 0 Å². The molecule has 0 saturated heterocycles. The molecular weight excluding hydrogens is 1200 g/mol. The van der Waals surface area contributed by atoms with Crippen molar-refractivity contribution in [3.8, 4) is 0 Å². The average Bonchev–Trinajstić information content (AvgIpc) is 3.29. The molecule has 0 spiro atoms. The Morgan fingerprint density at radius 1 is 0.545 bits per heavy atom. The number of hydrogen-bond donors (Lipinski definition) is 10. The highest BCUT2D eigenvalue weighted by Crippen LogP contribution is 2.37. The standard InChI is InChI=1S/C37H28ClN9O23S7/c38-35-41-36(39-18-2-1-3-20(14-18)71(50,51)11-10-70-77(67,68)69)43-37(42-35)40-19-4-9-27(73(55,56)57)26(15-19)45-47-31-29(75(61,62)63)16-24-23(33(31)49)7-8-25(34(24)76(64,65)66)44-46-30-28(74(58,59)60)13-17-12-21(72(52,53)54)5-6-22(17)32(30)48/h1-9,12-16,44-45H,10-11H2,(H,52,53,54)(H,55,56,57)(H,58,59,60)(H,61,62,63)(H,64,65,66)(H,67,68,69)(H2,39,40,41,42,43)/b46-30-,47-31-. The first kappa shape index (κ1) is 57.6. The van der Waals surface area contributed by atoms with Crippen LogP contribution in [0.1, 0.15) is 31.8 Å². The Balaban J connectivity index is 1.21. The van der Waals surface area contributed by atoms with Gasteiger partial charge in [-0.15, -0.1) is 0 Å². The molecule has 4 aromatic carbocycles. The zero-order valence-corrected chi connectivity index (χ0v) is 43.6. The lowest BCUT2D eigenvalue weighted by Gasteiger charge is -2.20. The maximum atomic E-state index is 14.0. The zero-order valence-electron chi connectivity index (χ0n) is 37.1. The van der Waals surface area contributed by atoms with Crippen LogP contribution in [-0.4, -0.2) is 137 Å². The molecule has 2 aliphatic rings. The highest BCUT2D eigenvalue weighted by atomic mass is 35.5. The van der Waals surface area contributed by atoms with Crippen LogP contribution < -0.4 is 21.5 Å². The third-order valence-corrected chi connectivity index (χ3v) is 16.8. The quantitative estimate of drug-likeness (QED) is 0.0444. The number of allylic oxidation sites excluding steroid dienone is 2. The second-order valence-electron chi connectivity index (χ2n) is 15.2. The number of carbonyl (C=O) groups excluding carboxylic acids is 2. The second-order valence-corrected chi connectivity index (χ2v) is 25.6. The largest absolute Gasteiger partial charge is 0.397 e. The summed E-state index contributed by atoms with van der Waals surface area (Å²) < 4.78 is 235. The van der Waals surface area contributed by atoms with Crippen molar-refractivity contribution in [2.24, 2.45) is 10.2 Å². The molecule has 32 nitrogen and oxygen atoms in total. The number of nitrogens with zero attached hydrogens (tertiary/aromatic N) is 5. The summed E-state index contributed by atoms with van der Waals surface area (Å²) in [6.45, 7) is -0.921. The van der Waals surface area contributed by atoms with Crippen molar-refractivity contribution in [1.82, 2.24) is 15.0 Å². The van der Waals surface area contributed by atoms with E-state index in [1.54, 1.807) is 0 Å². The van der Waals surface area contributed by atoms with E-state index in [0.717, 1.165) is 48.5 Å². The highest BCUT2D eigenvalue weighted by molar-refractivity contribution is 7.92. The minimum Gasteiger partial charge on any atom is -0.324 e. The van der Waals surface area contributed by atoms with E-state index in [1.807, 2.05) is 5.43 Å². The van der Waals surface area contributed by atoms with Crippen molar-refractivity contribution in [3.63, 3.8) is 0 Å². The maximum absolute atomic E-state index is 14.0. The number of fused-ring (bicyclic) bond motifs is 2. The van der Waals surface area contributed by atoms with Crippen molar-refractivity contribution in [3.05, 3.63) is 110 Å². The van der Waals surface area contributed by atoms with E-state index < -0.39 is 176 Å². The Labute approximate surface area is 438 Å². The molecule has 408 valence electrons. The van der Waals surface area contributed by atoms with Crippen LogP contribution in [0.4, 0.5) is 34.6 Å². The van der Waals surface area contributed by atoms with Gasteiger partial charge in [0.05, 0.1) is 33.5 Å². The molecule has 0 unspecified atom stereocenters. The lowest BCUT2D eigenvalue weighted by Crippen LogP contribution is -2.29. The summed E-state index contributed by atoms with van der Waals surface area (Å²) in [5, 5.41) is 12.0. The number of nitrogens with one attached hydrogen (secondary N) is 4. The smallest absolute Gasteiger partial charge is 0.324 e. The van der Waals surface area contributed by atoms with Gasteiger partial charge in [-0.2, -0.15) is 75.7 Å². The Hall–Kier alpha value is -7.09. The van der Waals surface area contributed by atoms with Crippen LogP contribution >= 0.6 is 11.6 Å². The summed E-state index contributed by atoms with van der Waals surface area (Å²) >= 11 is 6.09. The number of benzene rings is 4.